The van der Waals surface area contributed by atoms with Crippen molar-refractivity contribution in [1.82, 2.24) is 0 Å². The molecule has 0 radical (unpaired) electrons. The molecule has 0 nitrogen and oxygen atoms in total. The summed E-state index contributed by atoms with van der Waals surface area (Å²) in [6.07, 6.45) is 9.55. The van der Waals surface area contributed by atoms with Crippen LogP contribution in [0, 0.1) is 17.8 Å². The van der Waals surface area contributed by atoms with E-state index in [1.54, 1.807) is 12.1 Å². The molecule has 1 aromatic rings. The number of halogens is 3. The predicted molar refractivity (Wildman–Crippen MR) is 97.1 cm³/mol. The third kappa shape index (κ3) is 4.68. The lowest BCUT2D eigenvalue weighted by molar-refractivity contribution is -0.137. The number of hydrogen-bond donors (Lipinski definition) is 0. The Morgan fingerprint density at radius 1 is 0.920 bits per heavy atom. The lowest BCUT2D eigenvalue weighted by Crippen LogP contribution is -2.23. The van der Waals surface area contributed by atoms with Crippen LogP contribution in [-0.4, -0.2) is 0 Å². The van der Waals surface area contributed by atoms with E-state index >= 15 is 0 Å². The van der Waals surface area contributed by atoms with Crippen LogP contribution in [0.2, 0.25) is 0 Å². The molecule has 3 rings (SSSR count). The van der Waals surface area contributed by atoms with Gasteiger partial charge in [-0.1, -0.05) is 50.8 Å². The summed E-state index contributed by atoms with van der Waals surface area (Å²) in [5.41, 5.74) is 1.62. The van der Waals surface area contributed by atoms with Crippen LogP contribution < -0.4 is 0 Å². The largest absolute Gasteiger partial charge is 0.416 e. The summed E-state index contributed by atoms with van der Waals surface area (Å²) in [5.74, 6) is 2.59. The minimum Gasteiger partial charge on any atom is -0.166 e. The van der Waals surface area contributed by atoms with Gasteiger partial charge < -0.3 is 0 Å². The van der Waals surface area contributed by atoms with Crippen molar-refractivity contribution in [3.63, 3.8) is 0 Å². The van der Waals surface area contributed by atoms with Crippen LogP contribution in [0.25, 0.3) is 5.57 Å². The van der Waals surface area contributed by atoms with Crippen molar-refractivity contribution in [2.45, 2.75) is 70.9 Å². The van der Waals surface area contributed by atoms with Crippen LogP contribution in [0.1, 0.15) is 75.8 Å². The van der Waals surface area contributed by atoms with Crippen LogP contribution in [0.5, 0.6) is 0 Å². The number of rotatable bonds is 4. The number of alkyl halides is 3. The van der Waals surface area contributed by atoms with Crippen molar-refractivity contribution in [2.24, 2.45) is 17.8 Å². The Labute approximate surface area is 149 Å². The highest BCUT2D eigenvalue weighted by molar-refractivity contribution is 5.66. The van der Waals surface area contributed by atoms with Crippen molar-refractivity contribution in [1.29, 1.82) is 0 Å². The molecule has 3 heteroatoms. The van der Waals surface area contributed by atoms with E-state index in [0.29, 0.717) is 0 Å². The highest BCUT2D eigenvalue weighted by Gasteiger charge is 2.31. The Bertz CT molecular complexity index is 574. The molecule has 25 heavy (non-hydrogen) atoms. The van der Waals surface area contributed by atoms with Gasteiger partial charge in [-0.3, -0.25) is 0 Å². The van der Waals surface area contributed by atoms with Crippen LogP contribution in [0.4, 0.5) is 13.2 Å². The second-order valence-corrected chi connectivity index (χ2v) is 7.91. The summed E-state index contributed by atoms with van der Waals surface area (Å²) in [6.45, 7) is 2.28. The van der Waals surface area contributed by atoms with Crippen LogP contribution >= 0.6 is 0 Å². The summed E-state index contributed by atoms with van der Waals surface area (Å²) < 4.78 is 38.0. The molecule has 1 atom stereocenters. The molecule has 1 aromatic carbocycles. The Morgan fingerprint density at radius 3 is 2.12 bits per heavy atom. The van der Waals surface area contributed by atoms with E-state index in [1.807, 2.05) is 0 Å². The van der Waals surface area contributed by atoms with E-state index in [1.165, 1.54) is 62.7 Å². The average molecular weight is 350 g/mol. The molecule has 138 valence electrons. The van der Waals surface area contributed by atoms with Gasteiger partial charge in [0.25, 0.3) is 0 Å². The Kier molecular flexibility index (Phi) is 5.91. The van der Waals surface area contributed by atoms with Gasteiger partial charge in [-0.25, -0.2) is 0 Å². The Balaban J connectivity index is 1.56. The van der Waals surface area contributed by atoms with Crippen molar-refractivity contribution in [3.8, 4) is 0 Å². The molecule has 0 aliphatic heterocycles. The average Bonchev–Trinajstić information content (AvgIpc) is 2.62. The fourth-order valence-electron chi connectivity index (χ4n) is 4.77. The van der Waals surface area contributed by atoms with E-state index in [2.05, 4.69) is 13.0 Å². The molecule has 1 fully saturated rings. The zero-order chi connectivity index (χ0) is 17.9. The first-order chi connectivity index (χ1) is 12.0. The van der Waals surface area contributed by atoms with Crippen molar-refractivity contribution in [2.75, 3.05) is 0 Å². The number of hydrogen-bond acceptors (Lipinski definition) is 0. The molecule has 0 aromatic heterocycles. The topological polar surface area (TPSA) is 0 Å². The quantitative estimate of drug-likeness (QED) is 0.527. The monoisotopic (exact) mass is 350 g/mol. The van der Waals surface area contributed by atoms with Gasteiger partial charge in [0.2, 0.25) is 0 Å². The van der Waals surface area contributed by atoms with Gasteiger partial charge in [0.15, 0.2) is 0 Å². The van der Waals surface area contributed by atoms with E-state index in [0.717, 1.165) is 36.2 Å². The molecule has 0 saturated heterocycles. The third-order valence-corrected chi connectivity index (χ3v) is 6.29. The van der Waals surface area contributed by atoms with Gasteiger partial charge in [0, 0.05) is 0 Å². The highest BCUT2D eigenvalue weighted by Crippen LogP contribution is 2.42. The minimum atomic E-state index is -4.25. The molecule has 0 spiro atoms. The molecule has 0 heterocycles. The Morgan fingerprint density at radius 2 is 1.60 bits per heavy atom. The maximum atomic E-state index is 12.7. The second kappa shape index (κ2) is 7.97. The lowest BCUT2D eigenvalue weighted by Gasteiger charge is -2.35. The van der Waals surface area contributed by atoms with E-state index in [9.17, 15) is 13.2 Å². The summed E-state index contributed by atoms with van der Waals surface area (Å²) in [5, 5.41) is 0. The first kappa shape index (κ1) is 18.5. The zero-order valence-corrected chi connectivity index (χ0v) is 15.1. The molecule has 0 amide bonds. The van der Waals surface area contributed by atoms with Crippen molar-refractivity contribution < 1.29 is 13.2 Å². The van der Waals surface area contributed by atoms with Gasteiger partial charge >= 0.3 is 6.18 Å². The zero-order valence-electron chi connectivity index (χ0n) is 15.1. The van der Waals surface area contributed by atoms with Gasteiger partial charge in [0.05, 0.1) is 5.56 Å². The van der Waals surface area contributed by atoms with Crippen LogP contribution in [0.15, 0.2) is 30.3 Å². The standard InChI is InChI=1S/C22H29F3/c1-2-3-16-4-6-17(7-5-16)18-8-10-19(11-9-18)20-12-14-21(15-13-20)22(23,24)25/h10,12-18H,2-9,11H2,1H3. The molecule has 0 bridgehead atoms. The smallest absolute Gasteiger partial charge is 0.166 e. The van der Waals surface area contributed by atoms with Gasteiger partial charge in [0.1, 0.15) is 0 Å². The molecule has 2 aliphatic rings. The molecule has 1 unspecified atom stereocenters. The number of allylic oxidation sites excluding steroid dienone is 2. The van der Waals surface area contributed by atoms with E-state index in [-0.39, 0.29) is 0 Å². The first-order valence-electron chi connectivity index (χ1n) is 9.84. The lowest BCUT2D eigenvalue weighted by atomic mass is 9.70. The first-order valence-corrected chi connectivity index (χ1v) is 9.84. The maximum Gasteiger partial charge on any atom is 0.416 e. The van der Waals surface area contributed by atoms with Crippen LogP contribution in [-0.2, 0) is 6.18 Å². The fourth-order valence-corrected chi connectivity index (χ4v) is 4.77. The fraction of sp³-hybridized carbons (Fsp3) is 0.636. The van der Waals surface area contributed by atoms with Gasteiger partial charge in [-0.05, 0) is 73.1 Å². The normalized spacial score (nSPS) is 27.8. The number of benzene rings is 1. The molecular weight excluding hydrogens is 321 g/mol. The Hall–Kier alpha value is -1.25. The summed E-state index contributed by atoms with van der Waals surface area (Å²) in [7, 11) is 0. The van der Waals surface area contributed by atoms with Crippen molar-refractivity contribution >= 4 is 5.57 Å². The SMILES string of the molecule is CCCC1CCC(C2CC=C(c3ccc(C(F)(F)F)cc3)CC2)CC1. The van der Waals surface area contributed by atoms with Crippen LogP contribution in [0.3, 0.4) is 0 Å². The van der Waals surface area contributed by atoms with Gasteiger partial charge in [-0.2, -0.15) is 13.2 Å². The summed E-state index contributed by atoms with van der Waals surface area (Å²) in [4.78, 5) is 0. The second-order valence-electron chi connectivity index (χ2n) is 7.91. The molecule has 2 aliphatic carbocycles. The summed E-state index contributed by atoms with van der Waals surface area (Å²) in [6, 6.07) is 5.67. The summed E-state index contributed by atoms with van der Waals surface area (Å²) >= 11 is 0. The minimum absolute atomic E-state index is 0.561. The van der Waals surface area contributed by atoms with Crippen molar-refractivity contribution in [3.05, 3.63) is 41.5 Å². The molecule has 0 N–H and O–H groups in total. The van der Waals surface area contributed by atoms with E-state index in [4.69, 9.17) is 0 Å². The van der Waals surface area contributed by atoms with Gasteiger partial charge in [-0.15, -0.1) is 0 Å². The maximum absolute atomic E-state index is 12.7. The predicted octanol–water partition coefficient (Wildman–Crippen LogP) is 7.50. The third-order valence-electron chi connectivity index (χ3n) is 6.29. The highest BCUT2D eigenvalue weighted by atomic mass is 19.4. The van der Waals surface area contributed by atoms with E-state index < -0.39 is 11.7 Å². The molecule has 1 saturated carbocycles. The molecular formula is C22H29F3.